The van der Waals surface area contributed by atoms with Crippen molar-refractivity contribution in [3.05, 3.63) is 26.7 Å². The first-order chi connectivity index (χ1) is 10.5. The predicted molar refractivity (Wildman–Crippen MR) is 88.2 cm³/mol. The molecule has 0 saturated heterocycles. The number of aryl methyl sites for hydroxylation is 2. The Labute approximate surface area is 132 Å². The van der Waals surface area contributed by atoms with Gasteiger partial charge < -0.3 is 0 Å². The quantitative estimate of drug-likeness (QED) is 0.469. The summed E-state index contributed by atoms with van der Waals surface area (Å²) in [7, 11) is 3.06. The molecule has 0 aliphatic carbocycles. The van der Waals surface area contributed by atoms with Crippen LogP contribution in [-0.4, -0.2) is 24.9 Å². The van der Waals surface area contributed by atoms with Crippen LogP contribution in [0.3, 0.4) is 0 Å². The van der Waals surface area contributed by atoms with E-state index < -0.39 is 5.69 Å². The minimum atomic E-state index is -0.398. The van der Waals surface area contributed by atoms with Crippen LogP contribution in [0.15, 0.2) is 14.6 Å². The minimum Gasteiger partial charge on any atom is -0.280 e. The van der Waals surface area contributed by atoms with Crippen molar-refractivity contribution in [2.24, 2.45) is 14.1 Å². The van der Waals surface area contributed by atoms with Crippen molar-refractivity contribution in [1.82, 2.24) is 19.1 Å². The van der Waals surface area contributed by atoms with E-state index in [9.17, 15) is 9.59 Å². The number of nitrogens with zero attached hydrogens (tertiary/aromatic N) is 4. The van der Waals surface area contributed by atoms with Gasteiger partial charge in [-0.25, -0.2) is 14.8 Å². The van der Waals surface area contributed by atoms with Crippen LogP contribution in [-0.2, 0) is 20.5 Å². The monoisotopic (exact) mass is 318 g/mol. The molecule has 7 heteroatoms. The molecule has 0 spiro atoms. The molecule has 0 amide bonds. The van der Waals surface area contributed by atoms with Crippen LogP contribution in [0, 0.1) is 12.3 Å². The second-order valence-corrected chi connectivity index (χ2v) is 5.91. The number of hydrogen-bond acceptors (Lipinski definition) is 5. The average molecular weight is 318 g/mol. The summed E-state index contributed by atoms with van der Waals surface area (Å²) in [6, 6.07) is 0. The predicted octanol–water partition coefficient (Wildman–Crippen LogP) is 1.10. The topological polar surface area (TPSA) is 69.8 Å². The van der Waals surface area contributed by atoms with Crippen LogP contribution < -0.4 is 11.2 Å². The maximum atomic E-state index is 12.4. The van der Waals surface area contributed by atoms with Crippen LogP contribution in [0.4, 0.5) is 0 Å². The van der Waals surface area contributed by atoms with Crippen LogP contribution >= 0.6 is 11.8 Å². The van der Waals surface area contributed by atoms with Crippen molar-refractivity contribution in [2.75, 3.05) is 5.75 Å². The van der Waals surface area contributed by atoms with Gasteiger partial charge in [-0.1, -0.05) is 31.0 Å². The molecule has 0 unspecified atom stereocenters. The van der Waals surface area contributed by atoms with E-state index in [0.29, 0.717) is 34.1 Å². The highest BCUT2D eigenvalue weighted by Gasteiger charge is 2.16. The Balaban J connectivity index is 2.79. The molecule has 0 bridgehead atoms. The van der Waals surface area contributed by atoms with E-state index >= 15 is 0 Å². The van der Waals surface area contributed by atoms with Gasteiger partial charge in [-0.2, -0.15) is 0 Å². The summed E-state index contributed by atoms with van der Waals surface area (Å²) >= 11 is 1.32. The Bertz CT molecular complexity index is 861. The fourth-order valence-corrected chi connectivity index (χ4v) is 2.85. The van der Waals surface area contributed by atoms with E-state index in [0.717, 1.165) is 17.4 Å². The van der Waals surface area contributed by atoms with Gasteiger partial charge in [0.15, 0.2) is 5.65 Å². The van der Waals surface area contributed by atoms with Crippen molar-refractivity contribution in [1.29, 1.82) is 0 Å². The maximum Gasteiger partial charge on any atom is 0.332 e. The van der Waals surface area contributed by atoms with Gasteiger partial charge in [-0.3, -0.25) is 13.9 Å². The fraction of sp³-hybridized carbons (Fsp3) is 0.467. The third kappa shape index (κ3) is 2.92. The molecule has 0 aliphatic heterocycles. The highest BCUT2D eigenvalue weighted by molar-refractivity contribution is 7.99. The Morgan fingerprint density at radius 3 is 2.59 bits per heavy atom. The Morgan fingerprint density at radius 1 is 1.23 bits per heavy atom. The number of aromatic nitrogens is 4. The van der Waals surface area contributed by atoms with Crippen LogP contribution in [0.2, 0.25) is 0 Å². The number of rotatable bonds is 5. The molecule has 116 valence electrons. The molecule has 0 aromatic carbocycles. The molecule has 0 saturated carbocycles. The molecule has 0 atom stereocenters. The third-order valence-electron chi connectivity index (χ3n) is 3.36. The second kappa shape index (κ2) is 6.79. The van der Waals surface area contributed by atoms with E-state index in [4.69, 9.17) is 6.42 Å². The smallest absolute Gasteiger partial charge is 0.280 e. The van der Waals surface area contributed by atoms with Crippen LogP contribution in [0.5, 0.6) is 0 Å². The van der Waals surface area contributed by atoms with Crippen molar-refractivity contribution in [2.45, 2.75) is 31.2 Å². The number of hydrogen-bond donors (Lipinski definition) is 0. The van der Waals surface area contributed by atoms with E-state index in [2.05, 4.69) is 22.8 Å². The zero-order valence-electron chi connectivity index (χ0n) is 12.9. The first kappa shape index (κ1) is 16.3. The minimum absolute atomic E-state index is 0.352. The van der Waals surface area contributed by atoms with Gasteiger partial charge in [0, 0.05) is 20.5 Å². The molecular weight excluding hydrogens is 300 g/mol. The summed E-state index contributed by atoms with van der Waals surface area (Å²) in [4.78, 5) is 33.4. The zero-order chi connectivity index (χ0) is 16.3. The standard InChI is InChI=1S/C15H18N4O2S/c1-5-7-8-10-16-12-11(13(17-10)22-9-6-2)14(20)19(4)15(21)18(12)3/h2H,5,7-9H2,1,3-4H3. The molecule has 0 radical (unpaired) electrons. The first-order valence-corrected chi connectivity index (χ1v) is 8.02. The van der Waals surface area contributed by atoms with E-state index in [1.807, 2.05) is 0 Å². The summed E-state index contributed by atoms with van der Waals surface area (Å²) < 4.78 is 2.45. The van der Waals surface area contributed by atoms with Crippen molar-refractivity contribution < 1.29 is 0 Å². The van der Waals surface area contributed by atoms with Crippen LogP contribution in [0.1, 0.15) is 25.6 Å². The molecule has 0 aliphatic rings. The SMILES string of the molecule is C#CCSc1nc(CCCC)nc2c1c(=O)n(C)c(=O)n2C. The van der Waals surface area contributed by atoms with Gasteiger partial charge in [-0.05, 0) is 6.42 Å². The van der Waals surface area contributed by atoms with Gasteiger partial charge >= 0.3 is 5.69 Å². The molecule has 0 N–H and O–H groups in total. The second-order valence-electron chi connectivity index (χ2n) is 4.95. The normalized spacial score (nSPS) is 10.8. The highest BCUT2D eigenvalue weighted by Crippen LogP contribution is 2.22. The Kier molecular flexibility index (Phi) is 5.03. The summed E-state index contributed by atoms with van der Waals surface area (Å²) in [5.74, 6) is 3.57. The molecule has 6 nitrogen and oxygen atoms in total. The van der Waals surface area contributed by atoms with Gasteiger partial charge in [0.2, 0.25) is 0 Å². The van der Waals surface area contributed by atoms with Gasteiger partial charge in [-0.15, -0.1) is 6.42 Å². The lowest BCUT2D eigenvalue weighted by Gasteiger charge is -2.11. The van der Waals surface area contributed by atoms with Crippen molar-refractivity contribution in [3.8, 4) is 12.3 Å². The van der Waals surface area contributed by atoms with Gasteiger partial charge in [0.1, 0.15) is 16.2 Å². The van der Waals surface area contributed by atoms with E-state index in [1.54, 1.807) is 7.05 Å². The largest absolute Gasteiger partial charge is 0.332 e. The summed E-state index contributed by atoms with van der Waals surface area (Å²) in [6.45, 7) is 2.08. The molecule has 2 heterocycles. The molecule has 2 rings (SSSR count). The molecule has 22 heavy (non-hydrogen) atoms. The maximum absolute atomic E-state index is 12.4. The first-order valence-electron chi connectivity index (χ1n) is 7.04. The molecule has 2 aromatic heterocycles. The lowest BCUT2D eigenvalue weighted by Crippen LogP contribution is -2.37. The number of thioether (sulfide) groups is 1. The Hall–Kier alpha value is -2.07. The number of unbranched alkanes of at least 4 members (excludes halogenated alkanes) is 1. The van der Waals surface area contributed by atoms with Gasteiger partial charge in [0.05, 0.1) is 5.75 Å². The lowest BCUT2D eigenvalue weighted by molar-refractivity contribution is 0.690. The van der Waals surface area contributed by atoms with Crippen LogP contribution in [0.25, 0.3) is 11.0 Å². The molecule has 2 aromatic rings. The van der Waals surface area contributed by atoms with Gasteiger partial charge in [0.25, 0.3) is 5.56 Å². The summed E-state index contributed by atoms with van der Waals surface area (Å²) in [5.41, 5.74) is -0.418. The van der Waals surface area contributed by atoms with Crippen molar-refractivity contribution >= 4 is 22.8 Å². The number of terminal acetylenes is 1. The summed E-state index contributed by atoms with van der Waals surface area (Å²) in [6.07, 6.45) is 7.98. The summed E-state index contributed by atoms with van der Waals surface area (Å²) in [5, 5.41) is 0.898. The number of fused-ring (bicyclic) bond motifs is 1. The molecular formula is C15H18N4O2S. The van der Waals surface area contributed by atoms with E-state index in [1.165, 1.54) is 23.4 Å². The van der Waals surface area contributed by atoms with E-state index in [-0.39, 0.29) is 5.56 Å². The fourth-order valence-electron chi connectivity index (χ4n) is 2.13. The molecule has 0 fully saturated rings. The zero-order valence-corrected chi connectivity index (χ0v) is 13.7. The highest BCUT2D eigenvalue weighted by atomic mass is 32.2. The van der Waals surface area contributed by atoms with Crippen molar-refractivity contribution in [3.63, 3.8) is 0 Å². The average Bonchev–Trinajstić information content (AvgIpc) is 2.53. The third-order valence-corrected chi connectivity index (χ3v) is 4.24. The lowest BCUT2D eigenvalue weighted by atomic mass is 10.2. The Morgan fingerprint density at radius 2 is 1.95 bits per heavy atom.